The second-order valence-electron chi connectivity index (χ2n) is 5.26. The summed E-state index contributed by atoms with van der Waals surface area (Å²) >= 11 is 0. The van der Waals surface area contributed by atoms with Gasteiger partial charge in [0, 0.05) is 12.0 Å². The minimum atomic E-state index is -0.110. The fraction of sp³-hybridized carbons (Fsp3) is 1.00. The van der Waals surface area contributed by atoms with Crippen molar-refractivity contribution in [2.75, 3.05) is 6.54 Å². The van der Waals surface area contributed by atoms with Crippen molar-refractivity contribution in [2.24, 2.45) is 17.1 Å². The Morgan fingerprint density at radius 1 is 1.14 bits per heavy atom. The molecule has 2 fully saturated rings. The van der Waals surface area contributed by atoms with Gasteiger partial charge in [0.25, 0.3) is 0 Å². The molecular weight excluding hydrogens is 174 g/mol. The van der Waals surface area contributed by atoms with E-state index in [4.69, 9.17) is 5.73 Å². The van der Waals surface area contributed by atoms with E-state index >= 15 is 0 Å². The van der Waals surface area contributed by atoms with Crippen LogP contribution in [0.15, 0.2) is 0 Å². The molecule has 0 aromatic rings. The fourth-order valence-corrected chi connectivity index (χ4v) is 3.20. The molecule has 0 spiro atoms. The minimum absolute atomic E-state index is 0.110. The first-order valence-corrected chi connectivity index (χ1v) is 6.17. The second-order valence-corrected chi connectivity index (χ2v) is 5.26. The number of aliphatic hydroxyl groups is 1. The van der Waals surface area contributed by atoms with Crippen LogP contribution in [0.25, 0.3) is 0 Å². The first-order chi connectivity index (χ1) is 6.78. The molecule has 14 heavy (non-hydrogen) atoms. The van der Waals surface area contributed by atoms with Crippen LogP contribution in [0.3, 0.4) is 0 Å². The lowest BCUT2D eigenvalue weighted by Gasteiger charge is -2.48. The minimum Gasteiger partial charge on any atom is -0.392 e. The molecule has 0 radical (unpaired) electrons. The van der Waals surface area contributed by atoms with Gasteiger partial charge in [0.1, 0.15) is 0 Å². The van der Waals surface area contributed by atoms with Crippen LogP contribution >= 0.6 is 0 Å². The molecular formula is C12H23NO. The van der Waals surface area contributed by atoms with Crippen LogP contribution in [0.1, 0.15) is 51.4 Å². The van der Waals surface area contributed by atoms with Gasteiger partial charge in [-0.05, 0) is 31.6 Å². The van der Waals surface area contributed by atoms with Crippen molar-refractivity contribution in [3.63, 3.8) is 0 Å². The summed E-state index contributed by atoms with van der Waals surface area (Å²) in [7, 11) is 0. The third kappa shape index (κ3) is 1.70. The first kappa shape index (κ1) is 10.4. The van der Waals surface area contributed by atoms with Gasteiger partial charge in [-0.3, -0.25) is 0 Å². The molecule has 0 heterocycles. The summed E-state index contributed by atoms with van der Waals surface area (Å²) in [5.74, 6) is 0.549. The number of rotatable bonds is 3. The van der Waals surface area contributed by atoms with Crippen molar-refractivity contribution in [1.29, 1.82) is 0 Å². The van der Waals surface area contributed by atoms with Gasteiger partial charge in [-0.2, -0.15) is 0 Å². The lowest BCUT2D eigenvalue weighted by atomic mass is 9.61. The summed E-state index contributed by atoms with van der Waals surface area (Å²) in [4.78, 5) is 0. The van der Waals surface area contributed by atoms with E-state index in [9.17, 15) is 5.11 Å². The van der Waals surface area contributed by atoms with Gasteiger partial charge in [-0.15, -0.1) is 0 Å². The Morgan fingerprint density at radius 3 is 2.21 bits per heavy atom. The van der Waals surface area contributed by atoms with Crippen LogP contribution < -0.4 is 5.73 Å². The van der Waals surface area contributed by atoms with E-state index in [0.29, 0.717) is 12.5 Å². The molecule has 0 amide bonds. The number of hydrogen-bond donors (Lipinski definition) is 2. The van der Waals surface area contributed by atoms with Gasteiger partial charge >= 0.3 is 0 Å². The Hall–Kier alpha value is -0.0800. The van der Waals surface area contributed by atoms with Crippen molar-refractivity contribution in [3.05, 3.63) is 0 Å². The lowest BCUT2D eigenvalue weighted by Crippen LogP contribution is -2.50. The zero-order valence-corrected chi connectivity index (χ0v) is 9.04. The Bertz CT molecular complexity index is 177. The Morgan fingerprint density at radius 2 is 1.79 bits per heavy atom. The van der Waals surface area contributed by atoms with Crippen molar-refractivity contribution in [1.82, 2.24) is 0 Å². The maximum Gasteiger partial charge on any atom is 0.0636 e. The SMILES string of the molecule is NCC1(C(O)C2CCCCC2)CCC1. The Kier molecular flexibility index (Phi) is 3.13. The Labute approximate surface area is 86.9 Å². The molecule has 0 aromatic carbocycles. The largest absolute Gasteiger partial charge is 0.392 e. The van der Waals surface area contributed by atoms with E-state index in [2.05, 4.69) is 0 Å². The highest BCUT2D eigenvalue weighted by Crippen LogP contribution is 2.47. The molecule has 82 valence electrons. The second kappa shape index (κ2) is 4.19. The molecule has 1 atom stereocenters. The maximum absolute atomic E-state index is 10.4. The Balaban J connectivity index is 1.94. The topological polar surface area (TPSA) is 46.2 Å². The molecule has 2 saturated carbocycles. The third-order valence-electron chi connectivity index (χ3n) is 4.48. The molecule has 2 rings (SSSR count). The molecule has 0 aromatic heterocycles. The lowest BCUT2D eigenvalue weighted by molar-refractivity contribution is -0.0705. The summed E-state index contributed by atoms with van der Waals surface area (Å²) in [5, 5.41) is 10.4. The number of hydrogen-bond acceptors (Lipinski definition) is 2. The highest BCUT2D eigenvalue weighted by Gasteiger charge is 2.45. The van der Waals surface area contributed by atoms with Crippen molar-refractivity contribution >= 4 is 0 Å². The van der Waals surface area contributed by atoms with Crippen molar-refractivity contribution < 1.29 is 5.11 Å². The van der Waals surface area contributed by atoms with Gasteiger partial charge in [-0.1, -0.05) is 25.7 Å². The van der Waals surface area contributed by atoms with Crippen LogP contribution in [-0.2, 0) is 0 Å². The quantitative estimate of drug-likeness (QED) is 0.727. The van der Waals surface area contributed by atoms with Crippen LogP contribution in [0.5, 0.6) is 0 Å². The standard InChI is InChI=1S/C12H23NO/c13-9-12(7-4-8-12)11(14)10-5-2-1-3-6-10/h10-11,14H,1-9,13H2. The van der Waals surface area contributed by atoms with Crippen LogP contribution in [0.4, 0.5) is 0 Å². The van der Waals surface area contributed by atoms with E-state index in [-0.39, 0.29) is 11.5 Å². The number of nitrogens with two attached hydrogens (primary N) is 1. The van der Waals surface area contributed by atoms with Gasteiger partial charge < -0.3 is 10.8 Å². The van der Waals surface area contributed by atoms with E-state index in [1.54, 1.807) is 0 Å². The average Bonchev–Trinajstić information content (AvgIpc) is 2.18. The molecule has 0 saturated heterocycles. The summed E-state index contributed by atoms with van der Waals surface area (Å²) in [6.07, 6.45) is 9.89. The molecule has 2 heteroatoms. The molecule has 2 nitrogen and oxygen atoms in total. The predicted molar refractivity (Wildman–Crippen MR) is 57.9 cm³/mol. The van der Waals surface area contributed by atoms with Crippen LogP contribution in [-0.4, -0.2) is 17.8 Å². The molecule has 0 aliphatic heterocycles. The summed E-state index contributed by atoms with van der Waals surface area (Å²) in [6, 6.07) is 0. The predicted octanol–water partition coefficient (Wildman–Crippen LogP) is 2.06. The van der Waals surface area contributed by atoms with E-state index in [1.807, 2.05) is 0 Å². The zero-order valence-electron chi connectivity index (χ0n) is 9.04. The van der Waals surface area contributed by atoms with Gasteiger partial charge in [0.05, 0.1) is 6.10 Å². The smallest absolute Gasteiger partial charge is 0.0636 e. The average molecular weight is 197 g/mol. The van der Waals surface area contributed by atoms with Gasteiger partial charge in [0.2, 0.25) is 0 Å². The zero-order chi connectivity index (χ0) is 10.0. The fourth-order valence-electron chi connectivity index (χ4n) is 3.20. The summed E-state index contributed by atoms with van der Waals surface area (Å²) in [6.45, 7) is 0.685. The normalized spacial score (nSPS) is 29.6. The molecule has 0 bridgehead atoms. The monoisotopic (exact) mass is 197 g/mol. The molecule has 2 aliphatic carbocycles. The molecule has 3 N–H and O–H groups in total. The van der Waals surface area contributed by atoms with E-state index < -0.39 is 0 Å². The highest BCUT2D eigenvalue weighted by molar-refractivity contribution is 4.97. The molecule has 1 unspecified atom stereocenters. The molecule has 2 aliphatic rings. The maximum atomic E-state index is 10.4. The van der Waals surface area contributed by atoms with Crippen LogP contribution in [0.2, 0.25) is 0 Å². The van der Waals surface area contributed by atoms with E-state index in [1.165, 1.54) is 38.5 Å². The summed E-state index contributed by atoms with van der Waals surface area (Å²) < 4.78 is 0. The van der Waals surface area contributed by atoms with Crippen LogP contribution in [0, 0.1) is 11.3 Å². The highest BCUT2D eigenvalue weighted by atomic mass is 16.3. The van der Waals surface area contributed by atoms with E-state index in [0.717, 1.165) is 12.8 Å². The van der Waals surface area contributed by atoms with Crippen molar-refractivity contribution in [3.8, 4) is 0 Å². The number of aliphatic hydroxyl groups excluding tert-OH is 1. The van der Waals surface area contributed by atoms with Gasteiger partial charge in [-0.25, -0.2) is 0 Å². The van der Waals surface area contributed by atoms with Gasteiger partial charge in [0.15, 0.2) is 0 Å². The third-order valence-corrected chi connectivity index (χ3v) is 4.48. The first-order valence-electron chi connectivity index (χ1n) is 6.17. The van der Waals surface area contributed by atoms with Crippen molar-refractivity contribution in [2.45, 2.75) is 57.5 Å². The summed E-state index contributed by atoms with van der Waals surface area (Å²) in [5.41, 5.74) is 5.93.